The summed E-state index contributed by atoms with van der Waals surface area (Å²) in [6.45, 7) is 0.582. The van der Waals surface area contributed by atoms with E-state index in [1.165, 1.54) is 0 Å². The largest absolute Gasteiger partial charge is 0.330 e. The third-order valence-electron chi connectivity index (χ3n) is 1.93. The normalized spacial score (nSPS) is 10.4. The van der Waals surface area contributed by atoms with Gasteiger partial charge in [0, 0.05) is 6.42 Å². The van der Waals surface area contributed by atoms with Gasteiger partial charge in [-0.15, -0.1) is 0 Å². The predicted molar refractivity (Wildman–Crippen MR) is 54.1 cm³/mol. The predicted octanol–water partition coefficient (Wildman–Crippen LogP) is 0.768. The Hall–Kier alpha value is -1.68. The first kappa shape index (κ1) is 8.90. The summed E-state index contributed by atoms with van der Waals surface area (Å²) in [7, 11) is 0. The zero-order chi connectivity index (χ0) is 9.80. The Morgan fingerprint density at radius 2 is 2.00 bits per heavy atom. The van der Waals surface area contributed by atoms with Gasteiger partial charge in [-0.3, -0.25) is 0 Å². The second-order valence-electron chi connectivity index (χ2n) is 2.98. The van der Waals surface area contributed by atoms with Crippen molar-refractivity contribution in [2.24, 2.45) is 5.73 Å². The maximum absolute atomic E-state index is 5.42. The average Bonchev–Trinajstić information content (AvgIpc) is 2.68. The van der Waals surface area contributed by atoms with Crippen LogP contribution in [0.4, 0.5) is 0 Å². The number of hydrogen-bond donors (Lipinski definition) is 1. The molecular weight excluding hydrogens is 176 g/mol. The molecule has 0 amide bonds. The van der Waals surface area contributed by atoms with Crippen LogP contribution in [0.2, 0.25) is 0 Å². The molecule has 0 saturated carbocycles. The second-order valence-corrected chi connectivity index (χ2v) is 2.98. The molecule has 0 radical (unpaired) electrons. The maximum atomic E-state index is 5.42. The van der Waals surface area contributed by atoms with Crippen molar-refractivity contribution >= 4 is 0 Å². The molecule has 2 rings (SSSR count). The third-order valence-corrected chi connectivity index (χ3v) is 1.93. The van der Waals surface area contributed by atoms with E-state index in [2.05, 4.69) is 10.1 Å². The molecular formula is C10H12N4. The molecule has 2 aromatic rings. The maximum Gasteiger partial charge on any atom is 0.152 e. The van der Waals surface area contributed by atoms with Crippen LogP contribution in [-0.4, -0.2) is 21.3 Å². The molecule has 2 N–H and O–H groups in total. The summed E-state index contributed by atoms with van der Waals surface area (Å²) < 4.78 is 1.75. The highest BCUT2D eigenvalue weighted by atomic mass is 15.3. The third kappa shape index (κ3) is 1.80. The smallest absolute Gasteiger partial charge is 0.152 e. The molecule has 0 unspecified atom stereocenters. The number of nitrogens with zero attached hydrogens (tertiary/aromatic N) is 3. The minimum absolute atomic E-state index is 0.582. The fraction of sp³-hybridized carbons (Fsp3) is 0.200. The quantitative estimate of drug-likeness (QED) is 0.774. The first-order chi connectivity index (χ1) is 6.90. The number of nitrogens with two attached hydrogens (primary N) is 1. The molecule has 0 spiro atoms. The van der Waals surface area contributed by atoms with E-state index in [9.17, 15) is 0 Å². The van der Waals surface area contributed by atoms with Gasteiger partial charge in [0.2, 0.25) is 0 Å². The Kier molecular flexibility index (Phi) is 2.55. The molecule has 0 saturated heterocycles. The molecule has 0 aliphatic carbocycles. The summed E-state index contributed by atoms with van der Waals surface area (Å²) in [5, 5.41) is 4.30. The summed E-state index contributed by atoms with van der Waals surface area (Å²) in [6, 6.07) is 9.89. The van der Waals surface area contributed by atoms with Crippen molar-refractivity contribution in [3.05, 3.63) is 42.5 Å². The molecule has 0 aliphatic heterocycles. The lowest BCUT2D eigenvalue weighted by Gasteiger charge is -1.97. The minimum Gasteiger partial charge on any atom is -0.330 e. The van der Waals surface area contributed by atoms with Gasteiger partial charge in [0.25, 0.3) is 0 Å². The van der Waals surface area contributed by atoms with Gasteiger partial charge in [0.15, 0.2) is 5.82 Å². The zero-order valence-electron chi connectivity index (χ0n) is 7.80. The van der Waals surface area contributed by atoms with E-state index in [1.807, 2.05) is 30.3 Å². The SMILES string of the molecule is NCCc1ncn(-c2ccccc2)n1. The molecule has 0 aliphatic rings. The summed E-state index contributed by atoms with van der Waals surface area (Å²) in [5.74, 6) is 0.788. The van der Waals surface area contributed by atoms with E-state index < -0.39 is 0 Å². The summed E-state index contributed by atoms with van der Waals surface area (Å²) in [5.41, 5.74) is 6.44. The first-order valence-electron chi connectivity index (χ1n) is 4.56. The van der Waals surface area contributed by atoms with Crippen molar-refractivity contribution in [3.63, 3.8) is 0 Å². The fourth-order valence-corrected chi connectivity index (χ4v) is 1.25. The molecule has 1 heterocycles. The van der Waals surface area contributed by atoms with Crippen molar-refractivity contribution in [2.45, 2.75) is 6.42 Å². The van der Waals surface area contributed by atoms with Gasteiger partial charge in [-0.2, -0.15) is 5.10 Å². The number of rotatable bonds is 3. The van der Waals surface area contributed by atoms with Crippen molar-refractivity contribution in [1.82, 2.24) is 14.8 Å². The van der Waals surface area contributed by atoms with E-state index in [4.69, 9.17) is 5.73 Å². The van der Waals surface area contributed by atoms with Crippen LogP contribution in [0.1, 0.15) is 5.82 Å². The number of aromatic nitrogens is 3. The van der Waals surface area contributed by atoms with Crippen molar-refractivity contribution < 1.29 is 0 Å². The van der Waals surface area contributed by atoms with E-state index in [0.717, 1.165) is 17.9 Å². The molecule has 0 bridgehead atoms. The van der Waals surface area contributed by atoms with Crippen LogP contribution in [0, 0.1) is 0 Å². The Bertz CT molecular complexity index is 394. The number of benzene rings is 1. The van der Waals surface area contributed by atoms with Crippen LogP contribution in [0.15, 0.2) is 36.7 Å². The van der Waals surface area contributed by atoms with Crippen LogP contribution < -0.4 is 5.73 Å². The standard InChI is InChI=1S/C10H12N4/c11-7-6-10-12-8-14(13-10)9-4-2-1-3-5-9/h1-5,8H,6-7,11H2. The number of para-hydroxylation sites is 1. The van der Waals surface area contributed by atoms with Crippen LogP contribution in [0.5, 0.6) is 0 Å². The number of hydrogen-bond acceptors (Lipinski definition) is 3. The molecule has 0 atom stereocenters. The highest BCUT2D eigenvalue weighted by Crippen LogP contribution is 2.04. The highest BCUT2D eigenvalue weighted by molar-refractivity contribution is 5.29. The van der Waals surface area contributed by atoms with Gasteiger partial charge in [0.05, 0.1) is 5.69 Å². The van der Waals surface area contributed by atoms with Crippen molar-refractivity contribution in [3.8, 4) is 5.69 Å². The average molecular weight is 188 g/mol. The van der Waals surface area contributed by atoms with Crippen LogP contribution in [-0.2, 0) is 6.42 Å². The lowest BCUT2D eigenvalue weighted by atomic mass is 10.3. The van der Waals surface area contributed by atoms with Gasteiger partial charge < -0.3 is 5.73 Å². The van der Waals surface area contributed by atoms with E-state index in [-0.39, 0.29) is 0 Å². The fourth-order valence-electron chi connectivity index (χ4n) is 1.25. The Morgan fingerprint density at radius 3 is 2.71 bits per heavy atom. The van der Waals surface area contributed by atoms with Gasteiger partial charge in [0.1, 0.15) is 6.33 Å². The molecule has 4 heteroatoms. The highest BCUT2D eigenvalue weighted by Gasteiger charge is 2.00. The Labute approximate surface area is 82.4 Å². The van der Waals surface area contributed by atoms with Crippen LogP contribution >= 0.6 is 0 Å². The van der Waals surface area contributed by atoms with E-state index in [0.29, 0.717) is 6.54 Å². The van der Waals surface area contributed by atoms with Crippen molar-refractivity contribution in [1.29, 1.82) is 0 Å². The van der Waals surface area contributed by atoms with E-state index in [1.54, 1.807) is 11.0 Å². The molecule has 1 aromatic carbocycles. The Balaban J connectivity index is 2.25. The lowest BCUT2D eigenvalue weighted by molar-refractivity contribution is 0.816. The summed E-state index contributed by atoms with van der Waals surface area (Å²) in [6.07, 6.45) is 2.43. The Morgan fingerprint density at radius 1 is 1.21 bits per heavy atom. The van der Waals surface area contributed by atoms with Crippen LogP contribution in [0.25, 0.3) is 5.69 Å². The summed E-state index contributed by atoms with van der Waals surface area (Å²) >= 11 is 0. The van der Waals surface area contributed by atoms with Crippen LogP contribution in [0.3, 0.4) is 0 Å². The lowest BCUT2D eigenvalue weighted by Crippen LogP contribution is -2.04. The molecule has 72 valence electrons. The molecule has 0 fully saturated rings. The molecule has 1 aromatic heterocycles. The zero-order valence-corrected chi connectivity index (χ0v) is 7.80. The van der Waals surface area contributed by atoms with Gasteiger partial charge in [-0.25, -0.2) is 9.67 Å². The van der Waals surface area contributed by atoms with Crippen molar-refractivity contribution in [2.75, 3.05) is 6.54 Å². The van der Waals surface area contributed by atoms with Gasteiger partial charge in [-0.05, 0) is 18.7 Å². The van der Waals surface area contributed by atoms with Gasteiger partial charge >= 0.3 is 0 Å². The van der Waals surface area contributed by atoms with Gasteiger partial charge in [-0.1, -0.05) is 18.2 Å². The van der Waals surface area contributed by atoms with E-state index >= 15 is 0 Å². The molecule has 4 nitrogen and oxygen atoms in total. The topological polar surface area (TPSA) is 56.7 Å². The minimum atomic E-state index is 0.582. The summed E-state index contributed by atoms with van der Waals surface area (Å²) in [4.78, 5) is 4.15. The first-order valence-corrected chi connectivity index (χ1v) is 4.56. The monoisotopic (exact) mass is 188 g/mol. The molecule has 14 heavy (non-hydrogen) atoms. The second kappa shape index (κ2) is 4.02.